The number of carbonyl (C=O) groups is 2. The molecule has 0 saturated carbocycles. The maximum absolute atomic E-state index is 12.4. The van der Waals surface area contributed by atoms with Gasteiger partial charge in [0.2, 0.25) is 5.91 Å². The molecule has 0 spiro atoms. The Hall–Kier alpha value is -2.83. The number of aromatic nitrogens is 2. The van der Waals surface area contributed by atoms with Crippen LogP contribution in [0.25, 0.3) is 0 Å². The van der Waals surface area contributed by atoms with Crippen molar-refractivity contribution >= 4 is 17.6 Å². The molecule has 0 unspecified atom stereocenters. The van der Waals surface area contributed by atoms with Crippen LogP contribution in [0.4, 0.5) is 10.5 Å². The van der Waals surface area contributed by atoms with Gasteiger partial charge in [-0.2, -0.15) is 5.10 Å². The Morgan fingerprint density at radius 1 is 1.21 bits per heavy atom. The highest BCUT2D eigenvalue weighted by Gasteiger charge is 2.24. The summed E-state index contributed by atoms with van der Waals surface area (Å²) in [6.07, 6.45) is 3.26. The third-order valence-electron chi connectivity index (χ3n) is 3.50. The largest absolute Gasteiger partial charge is 0.334 e. The van der Waals surface area contributed by atoms with E-state index >= 15 is 0 Å². The third-order valence-corrected chi connectivity index (χ3v) is 3.50. The second kappa shape index (κ2) is 8.14. The maximum atomic E-state index is 12.4. The van der Waals surface area contributed by atoms with Gasteiger partial charge in [0, 0.05) is 19.8 Å². The number of anilines is 1. The molecule has 2 aromatic rings. The summed E-state index contributed by atoms with van der Waals surface area (Å²) in [7, 11) is 1.77. The van der Waals surface area contributed by atoms with E-state index in [1.807, 2.05) is 44.2 Å². The van der Waals surface area contributed by atoms with Crippen molar-refractivity contribution in [2.75, 3.05) is 5.32 Å². The third kappa shape index (κ3) is 5.12. The van der Waals surface area contributed by atoms with Crippen molar-refractivity contribution in [3.63, 3.8) is 0 Å². The Morgan fingerprint density at radius 3 is 2.50 bits per heavy atom. The average Bonchev–Trinajstić information content (AvgIpc) is 2.96. The van der Waals surface area contributed by atoms with Crippen LogP contribution >= 0.6 is 0 Å². The normalized spacial score (nSPS) is 11.8. The lowest BCUT2D eigenvalue weighted by atomic mass is 10.0. The molecule has 1 heterocycles. The number of rotatable bonds is 6. The van der Waals surface area contributed by atoms with Gasteiger partial charge in [0.15, 0.2) is 0 Å². The predicted octanol–water partition coefficient (Wildman–Crippen LogP) is 1.88. The fourth-order valence-corrected chi connectivity index (χ4v) is 2.21. The van der Waals surface area contributed by atoms with Gasteiger partial charge in [-0.25, -0.2) is 4.79 Å². The van der Waals surface area contributed by atoms with Crippen LogP contribution in [0, 0.1) is 5.92 Å². The number of carbonyl (C=O) groups excluding carboxylic acids is 2. The number of nitrogens with one attached hydrogen (secondary N) is 3. The molecule has 7 nitrogen and oxygen atoms in total. The molecular formula is C17H23N5O2. The number of nitrogens with zero attached hydrogens (tertiary/aromatic N) is 2. The Bertz CT molecular complexity index is 681. The van der Waals surface area contributed by atoms with E-state index in [1.165, 1.54) is 0 Å². The van der Waals surface area contributed by atoms with Crippen LogP contribution in [-0.4, -0.2) is 27.8 Å². The molecule has 1 atom stereocenters. The lowest BCUT2D eigenvalue weighted by Crippen LogP contribution is -2.50. The summed E-state index contributed by atoms with van der Waals surface area (Å²) < 4.78 is 1.60. The molecule has 1 aromatic heterocycles. The summed E-state index contributed by atoms with van der Waals surface area (Å²) in [6, 6.07) is 8.58. The number of aryl methyl sites for hydroxylation is 1. The van der Waals surface area contributed by atoms with Crippen molar-refractivity contribution in [2.45, 2.75) is 26.4 Å². The number of hydrogen-bond donors (Lipinski definition) is 3. The first-order valence-corrected chi connectivity index (χ1v) is 7.83. The number of urea groups is 1. The van der Waals surface area contributed by atoms with Gasteiger partial charge < -0.3 is 16.0 Å². The lowest BCUT2D eigenvalue weighted by Gasteiger charge is -2.21. The second-order valence-electron chi connectivity index (χ2n) is 5.93. The van der Waals surface area contributed by atoms with E-state index in [4.69, 9.17) is 0 Å². The first-order chi connectivity index (χ1) is 11.5. The van der Waals surface area contributed by atoms with E-state index < -0.39 is 6.04 Å². The van der Waals surface area contributed by atoms with Crippen molar-refractivity contribution in [1.29, 1.82) is 0 Å². The maximum Gasteiger partial charge on any atom is 0.315 e. The molecule has 0 bridgehead atoms. The molecule has 24 heavy (non-hydrogen) atoms. The summed E-state index contributed by atoms with van der Waals surface area (Å²) in [5, 5.41) is 12.2. The molecule has 2 rings (SSSR count). The van der Waals surface area contributed by atoms with Gasteiger partial charge in [0.25, 0.3) is 0 Å². The fourth-order valence-electron chi connectivity index (χ4n) is 2.21. The summed E-state index contributed by atoms with van der Waals surface area (Å²) in [4.78, 5) is 24.5. The first-order valence-electron chi connectivity index (χ1n) is 7.83. The first kappa shape index (κ1) is 17.5. The van der Waals surface area contributed by atoms with Gasteiger partial charge in [0.1, 0.15) is 6.04 Å². The molecule has 0 aliphatic carbocycles. The minimum atomic E-state index is -0.638. The van der Waals surface area contributed by atoms with Gasteiger partial charge in [-0.15, -0.1) is 0 Å². The Balaban J connectivity index is 1.89. The SMILES string of the molecule is CC(C)[C@H](NC(=O)NCc1ccccc1)C(=O)Nc1cnn(C)c1. The molecule has 3 amide bonds. The van der Waals surface area contributed by atoms with Crippen LogP contribution < -0.4 is 16.0 Å². The molecule has 0 radical (unpaired) electrons. The molecule has 7 heteroatoms. The van der Waals surface area contributed by atoms with Gasteiger partial charge in [-0.1, -0.05) is 44.2 Å². The van der Waals surface area contributed by atoms with Crippen LogP contribution in [0.3, 0.4) is 0 Å². The molecule has 0 aliphatic heterocycles. The van der Waals surface area contributed by atoms with E-state index in [-0.39, 0.29) is 17.9 Å². The fraction of sp³-hybridized carbons (Fsp3) is 0.353. The van der Waals surface area contributed by atoms with Crippen molar-refractivity contribution in [3.8, 4) is 0 Å². The Kier molecular flexibility index (Phi) is 5.95. The monoisotopic (exact) mass is 329 g/mol. The minimum absolute atomic E-state index is 0.0517. The van der Waals surface area contributed by atoms with Crippen molar-refractivity contribution in [2.24, 2.45) is 13.0 Å². The Morgan fingerprint density at radius 2 is 1.92 bits per heavy atom. The van der Waals surface area contributed by atoms with E-state index in [0.29, 0.717) is 12.2 Å². The summed E-state index contributed by atoms with van der Waals surface area (Å²) in [6.45, 7) is 4.16. The zero-order chi connectivity index (χ0) is 17.5. The molecule has 1 aromatic carbocycles. The number of amides is 3. The quantitative estimate of drug-likeness (QED) is 0.756. The lowest BCUT2D eigenvalue weighted by molar-refractivity contribution is -0.118. The molecule has 128 valence electrons. The predicted molar refractivity (Wildman–Crippen MR) is 92.3 cm³/mol. The topological polar surface area (TPSA) is 88.1 Å². The highest BCUT2D eigenvalue weighted by Crippen LogP contribution is 2.08. The summed E-state index contributed by atoms with van der Waals surface area (Å²) in [5.74, 6) is -0.322. The molecule has 0 fully saturated rings. The van der Waals surface area contributed by atoms with Crippen LogP contribution in [-0.2, 0) is 18.4 Å². The summed E-state index contributed by atoms with van der Waals surface area (Å²) >= 11 is 0. The Labute approximate surface area is 141 Å². The van der Waals surface area contributed by atoms with Gasteiger partial charge >= 0.3 is 6.03 Å². The van der Waals surface area contributed by atoms with Gasteiger partial charge in [0.05, 0.1) is 11.9 Å². The van der Waals surface area contributed by atoms with Crippen LogP contribution in [0.5, 0.6) is 0 Å². The van der Waals surface area contributed by atoms with Gasteiger partial charge in [-0.3, -0.25) is 9.48 Å². The van der Waals surface area contributed by atoms with Gasteiger partial charge in [-0.05, 0) is 11.5 Å². The van der Waals surface area contributed by atoms with Crippen molar-refractivity contribution < 1.29 is 9.59 Å². The molecule has 3 N–H and O–H groups in total. The van der Waals surface area contributed by atoms with Crippen LogP contribution in [0.1, 0.15) is 19.4 Å². The molecule has 0 saturated heterocycles. The number of benzene rings is 1. The average molecular weight is 329 g/mol. The zero-order valence-electron chi connectivity index (χ0n) is 14.1. The van der Waals surface area contributed by atoms with Crippen molar-refractivity contribution in [3.05, 3.63) is 48.3 Å². The van der Waals surface area contributed by atoms with Crippen LogP contribution in [0.15, 0.2) is 42.7 Å². The highest BCUT2D eigenvalue weighted by atomic mass is 16.2. The van der Waals surface area contributed by atoms with Crippen LogP contribution in [0.2, 0.25) is 0 Å². The zero-order valence-corrected chi connectivity index (χ0v) is 14.1. The second-order valence-corrected chi connectivity index (χ2v) is 5.93. The molecule has 0 aliphatic rings. The van der Waals surface area contributed by atoms with E-state index in [0.717, 1.165) is 5.56 Å². The minimum Gasteiger partial charge on any atom is -0.334 e. The summed E-state index contributed by atoms with van der Waals surface area (Å²) in [5.41, 5.74) is 1.59. The van der Waals surface area contributed by atoms with E-state index in [9.17, 15) is 9.59 Å². The van der Waals surface area contributed by atoms with Crippen molar-refractivity contribution in [1.82, 2.24) is 20.4 Å². The van der Waals surface area contributed by atoms with E-state index in [1.54, 1.807) is 24.1 Å². The smallest absolute Gasteiger partial charge is 0.315 e. The van der Waals surface area contributed by atoms with E-state index in [2.05, 4.69) is 21.0 Å². The number of hydrogen-bond acceptors (Lipinski definition) is 3. The standard InChI is InChI=1S/C17H23N5O2/c1-12(2)15(16(23)20-14-10-19-22(3)11-14)21-17(24)18-9-13-7-5-4-6-8-13/h4-8,10-12,15H,9H2,1-3H3,(H,20,23)(H2,18,21,24)/t15-/m0/s1. The molecular weight excluding hydrogens is 306 g/mol. The highest BCUT2D eigenvalue weighted by molar-refractivity contribution is 5.97.